The molecule has 0 radical (unpaired) electrons. The topological polar surface area (TPSA) is 69.9 Å². The van der Waals surface area contributed by atoms with E-state index in [1.807, 2.05) is 60.9 Å². The Balaban J connectivity index is 1.39. The van der Waals surface area contributed by atoms with Gasteiger partial charge < -0.3 is 20.0 Å². The smallest absolute Gasteiger partial charge is 0.224 e. The van der Waals surface area contributed by atoms with E-state index in [0.29, 0.717) is 13.0 Å². The number of hydrogen-bond acceptors (Lipinski definition) is 2. The number of carbonyl (C=O) groups excluding carboxylic acids is 1. The van der Waals surface area contributed by atoms with Crippen LogP contribution in [-0.2, 0) is 11.2 Å². The summed E-state index contributed by atoms with van der Waals surface area (Å²) in [6, 6.07) is 24.4. The van der Waals surface area contributed by atoms with Gasteiger partial charge in [0.2, 0.25) is 5.91 Å². The molecule has 0 spiro atoms. The van der Waals surface area contributed by atoms with E-state index in [9.17, 15) is 4.79 Å². The Bertz CT molecular complexity index is 1360. The van der Waals surface area contributed by atoms with Crippen molar-refractivity contribution < 1.29 is 9.53 Å². The number of hydrogen-bond donors (Lipinski definition) is 3. The molecule has 3 aromatic carbocycles. The van der Waals surface area contributed by atoms with Gasteiger partial charge in [0.25, 0.3) is 0 Å². The van der Waals surface area contributed by atoms with Crippen LogP contribution in [0, 0.1) is 0 Å². The molecule has 160 valence electrons. The van der Waals surface area contributed by atoms with E-state index in [1.165, 1.54) is 5.39 Å². The van der Waals surface area contributed by atoms with Crippen molar-refractivity contribution in [2.45, 2.75) is 12.3 Å². The van der Waals surface area contributed by atoms with E-state index < -0.39 is 0 Å². The number of methoxy groups -OCH3 is 1. The number of para-hydroxylation sites is 2. The third kappa shape index (κ3) is 3.85. The molecule has 5 heteroatoms. The molecule has 0 fully saturated rings. The molecule has 2 heterocycles. The summed E-state index contributed by atoms with van der Waals surface area (Å²) >= 11 is 0. The second kappa shape index (κ2) is 8.63. The molecule has 5 nitrogen and oxygen atoms in total. The highest BCUT2D eigenvalue weighted by Gasteiger charge is 2.19. The molecule has 0 saturated carbocycles. The van der Waals surface area contributed by atoms with Gasteiger partial charge in [0.05, 0.1) is 13.5 Å². The zero-order valence-corrected chi connectivity index (χ0v) is 17.9. The number of H-pyrrole nitrogens is 2. The minimum Gasteiger partial charge on any atom is -0.497 e. The van der Waals surface area contributed by atoms with Crippen LogP contribution < -0.4 is 10.1 Å². The Kier molecular flexibility index (Phi) is 5.38. The van der Waals surface area contributed by atoms with E-state index in [2.05, 4.69) is 39.6 Å². The highest BCUT2D eigenvalue weighted by molar-refractivity contribution is 5.89. The van der Waals surface area contributed by atoms with E-state index in [0.717, 1.165) is 38.9 Å². The van der Waals surface area contributed by atoms with Crippen molar-refractivity contribution >= 4 is 27.7 Å². The van der Waals surface area contributed by atoms with Crippen molar-refractivity contribution in [1.29, 1.82) is 0 Å². The van der Waals surface area contributed by atoms with Crippen molar-refractivity contribution in [3.63, 3.8) is 0 Å². The van der Waals surface area contributed by atoms with Gasteiger partial charge in [-0.25, -0.2) is 0 Å². The Morgan fingerprint density at radius 1 is 0.875 bits per heavy atom. The van der Waals surface area contributed by atoms with Gasteiger partial charge in [-0.1, -0.05) is 48.5 Å². The lowest BCUT2D eigenvalue weighted by molar-refractivity contribution is -0.120. The molecule has 5 rings (SSSR count). The second-order valence-corrected chi connectivity index (χ2v) is 7.96. The van der Waals surface area contributed by atoms with E-state index in [1.54, 1.807) is 7.11 Å². The molecule has 1 amide bonds. The van der Waals surface area contributed by atoms with Gasteiger partial charge in [-0.15, -0.1) is 0 Å². The van der Waals surface area contributed by atoms with Gasteiger partial charge >= 0.3 is 0 Å². The molecule has 2 aromatic heterocycles. The summed E-state index contributed by atoms with van der Waals surface area (Å²) < 4.78 is 5.32. The minimum atomic E-state index is 0.00751. The monoisotopic (exact) mass is 423 g/mol. The van der Waals surface area contributed by atoms with Crippen LogP contribution in [0.1, 0.15) is 22.6 Å². The van der Waals surface area contributed by atoms with Crippen molar-refractivity contribution in [2.24, 2.45) is 0 Å². The largest absolute Gasteiger partial charge is 0.497 e. The van der Waals surface area contributed by atoms with Crippen LogP contribution in [0.3, 0.4) is 0 Å². The average molecular weight is 424 g/mol. The first kappa shape index (κ1) is 19.9. The molecule has 1 atom stereocenters. The lowest BCUT2D eigenvalue weighted by atomic mass is 9.90. The first-order chi connectivity index (χ1) is 15.7. The Labute approximate surface area is 186 Å². The van der Waals surface area contributed by atoms with Gasteiger partial charge in [-0.05, 0) is 41.0 Å². The Morgan fingerprint density at radius 3 is 2.28 bits per heavy atom. The van der Waals surface area contributed by atoms with Crippen molar-refractivity contribution in [1.82, 2.24) is 15.3 Å². The molecule has 0 aliphatic heterocycles. The van der Waals surface area contributed by atoms with Crippen molar-refractivity contribution in [2.75, 3.05) is 13.7 Å². The summed E-state index contributed by atoms with van der Waals surface area (Å²) in [7, 11) is 1.66. The summed E-state index contributed by atoms with van der Waals surface area (Å²) in [6.45, 7) is 0.509. The maximum Gasteiger partial charge on any atom is 0.224 e. The molecule has 0 unspecified atom stereocenters. The normalized spacial score (nSPS) is 12.2. The number of benzene rings is 3. The Morgan fingerprint density at radius 2 is 1.53 bits per heavy atom. The number of ether oxygens (including phenoxy) is 1. The molecule has 3 N–H and O–H groups in total. The van der Waals surface area contributed by atoms with Gasteiger partial charge in [-0.2, -0.15) is 0 Å². The Hall–Kier alpha value is -3.99. The molecule has 0 bridgehead atoms. The average Bonchev–Trinajstić information content (AvgIpc) is 3.44. The minimum absolute atomic E-state index is 0.00751. The second-order valence-electron chi connectivity index (χ2n) is 7.96. The quantitative estimate of drug-likeness (QED) is 0.339. The lowest BCUT2D eigenvalue weighted by Crippen LogP contribution is -2.30. The fourth-order valence-electron chi connectivity index (χ4n) is 4.36. The van der Waals surface area contributed by atoms with Gasteiger partial charge in [-0.3, -0.25) is 4.79 Å². The van der Waals surface area contributed by atoms with E-state index >= 15 is 0 Å². The maximum absolute atomic E-state index is 12.9. The molecule has 32 heavy (non-hydrogen) atoms. The molecule has 0 aliphatic carbocycles. The molecule has 5 aromatic rings. The maximum atomic E-state index is 12.9. The standard InChI is InChI=1S/C27H25N3O2/c1-32-20-12-10-18(11-13-20)23(24-17-29-26-9-5-3-7-22(24)26)16-30-27(31)14-19-15-28-25-8-4-2-6-21(19)25/h2-13,15,17,23,28-29H,14,16H2,1H3,(H,30,31)/t23-/m1/s1. The first-order valence-electron chi connectivity index (χ1n) is 10.7. The highest BCUT2D eigenvalue weighted by atomic mass is 16.5. The fourth-order valence-corrected chi connectivity index (χ4v) is 4.36. The molecule has 0 saturated heterocycles. The van der Waals surface area contributed by atoms with E-state index in [-0.39, 0.29) is 11.8 Å². The number of amides is 1. The predicted molar refractivity (Wildman–Crippen MR) is 128 cm³/mol. The zero-order chi connectivity index (χ0) is 21.9. The summed E-state index contributed by atoms with van der Waals surface area (Å²) in [4.78, 5) is 19.5. The van der Waals surface area contributed by atoms with Crippen LogP contribution in [0.25, 0.3) is 21.8 Å². The summed E-state index contributed by atoms with van der Waals surface area (Å²) in [5.41, 5.74) is 5.43. The summed E-state index contributed by atoms with van der Waals surface area (Å²) in [5.74, 6) is 0.840. The van der Waals surface area contributed by atoms with Crippen LogP contribution in [0.4, 0.5) is 0 Å². The number of carbonyl (C=O) groups is 1. The summed E-state index contributed by atoms with van der Waals surface area (Å²) in [5, 5.41) is 5.42. The van der Waals surface area contributed by atoms with Crippen LogP contribution in [0.2, 0.25) is 0 Å². The third-order valence-corrected chi connectivity index (χ3v) is 6.04. The highest BCUT2D eigenvalue weighted by Crippen LogP contribution is 2.31. The van der Waals surface area contributed by atoms with Gasteiger partial charge in [0.1, 0.15) is 5.75 Å². The lowest BCUT2D eigenvalue weighted by Gasteiger charge is -2.18. The van der Waals surface area contributed by atoms with E-state index in [4.69, 9.17) is 4.74 Å². The number of nitrogens with one attached hydrogen (secondary N) is 3. The summed E-state index contributed by atoms with van der Waals surface area (Å²) in [6.07, 6.45) is 4.31. The van der Waals surface area contributed by atoms with Crippen molar-refractivity contribution in [3.05, 3.63) is 102 Å². The van der Waals surface area contributed by atoms with Crippen molar-refractivity contribution in [3.8, 4) is 5.75 Å². The SMILES string of the molecule is COc1ccc([C@@H](CNC(=O)Cc2c[nH]c3ccccc23)c2c[nH]c3ccccc23)cc1. The number of fused-ring (bicyclic) bond motifs is 2. The van der Waals surface area contributed by atoms with Crippen LogP contribution in [-0.4, -0.2) is 29.5 Å². The van der Waals surface area contributed by atoms with Gasteiger partial charge in [0, 0.05) is 46.7 Å². The van der Waals surface area contributed by atoms with Crippen LogP contribution in [0.15, 0.2) is 85.2 Å². The fraction of sp³-hybridized carbons (Fsp3) is 0.148. The first-order valence-corrected chi connectivity index (χ1v) is 10.7. The third-order valence-electron chi connectivity index (χ3n) is 6.04. The van der Waals surface area contributed by atoms with Gasteiger partial charge in [0.15, 0.2) is 0 Å². The molecular weight excluding hydrogens is 398 g/mol. The number of aromatic amines is 2. The van der Waals surface area contributed by atoms with Crippen LogP contribution in [0.5, 0.6) is 5.75 Å². The zero-order valence-electron chi connectivity index (χ0n) is 17.9. The predicted octanol–water partition coefficient (Wildman–Crippen LogP) is 5.15. The molecule has 0 aliphatic rings. The molecular formula is C27H25N3O2. The van der Waals surface area contributed by atoms with Crippen LogP contribution >= 0.6 is 0 Å². The number of aromatic nitrogens is 2. The number of rotatable bonds is 7.